The van der Waals surface area contributed by atoms with Crippen molar-refractivity contribution in [3.05, 3.63) is 50.2 Å². The highest BCUT2D eigenvalue weighted by Gasteiger charge is 2.25. The van der Waals surface area contributed by atoms with E-state index in [1.165, 1.54) is 27.8 Å². The number of nitrogens with zero attached hydrogens (tertiary/aromatic N) is 3. The number of hydrazone groups is 1. The first kappa shape index (κ1) is 20.0. The molecule has 0 unspecified atom stereocenters. The average Bonchev–Trinajstić information content (AvgIpc) is 3.00. The van der Waals surface area contributed by atoms with E-state index in [-0.39, 0.29) is 29.4 Å². The SMILES string of the molecule is CCN(CC)S(=O)(=O)c1ccc(N/N=C/c2sccc2C)c([N+](=O)[O-])c1. The van der Waals surface area contributed by atoms with Crippen LogP contribution in [0.3, 0.4) is 0 Å². The minimum absolute atomic E-state index is 0.114. The number of nitrogens with one attached hydrogen (secondary N) is 1. The number of hydrogen-bond donors (Lipinski definition) is 1. The highest BCUT2D eigenvalue weighted by molar-refractivity contribution is 7.89. The summed E-state index contributed by atoms with van der Waals surface area (Å²) in [5.74, 6) is 0. The van der Waals surface area contributed by atoms with E-state index in [2.05, 4.69) is 10.5 Å². The van der Waals surface area contributed by atoms with Gasteiger partial charge in [-0.3, -0.25) is 15.5 Å². The maximum atomic E-state index is 12.5. The summed E-state index contributed by atoms with van der Waals surface area (Å²) < 4.78 is 26.3. The normalized spacial score (nSPS) is 12.0. The van der Waals surface area contributed by atoms with Crippen LogP contribution in [0.5, 0.6) is 0 Å². The molecule has 0 saturated heterocycles. The van der Waals surface area contributed by atoms with Gasteiger partial charge in [0, 0.05) is 24.0 Å². The molecule has 0 radical (unpaired) electrons. The van der Waals surface area contributed by atoms with E-state index in [1.54, 1.807) is 20.1 Å². The zero-order chi connectivity index (χ0) is 19.3. The van der Waals surface area contributed by atoms with Crippen molar-refractivity contribution in [3.8, 4) is 0 Å². The number of sulfonamides is 1. The molecule has 1 heterocycles. The monoisotopic (exact) mass is 396 g/mol. The summed E-state index contributed by atoms with van der Waals surface area (Å²) in [7, 11) is -3.77. The molecule has 0 fully saturated rings. The summed E-state index contributed by atoms with van der Waals surface area (Å²) >= 11 is 1.50. The van der Waals surface area contributed by atoms with Crippen LogP contribution in [0.4, 0.5) is 11.4 Å². The number of nitro benzene ring substituents is 1. The van der Waals surface area contributed by atoms with Gasteiger partial charge in [-0.05, 0) is 36.1 Å². The predicted octanol–water partition coefficient (Wildman–Crippen LogP) is 3.44. The van der Waals surface area contributed by atoms with Gasteiger partial charge < -0.3 is 0 Å². The van der Waals surface area contributed by atoms with Gasteiger partial charge in [-0.25, -0.2) is 8.42 Å². The molecule has 0 aliphatic rings. The van der Waals surface area contributed by atoms with Gasteiger partial charge in [0.15, 0.2) is 0 Å². The maximum Gasteiger partial charge on any atom is 0.295 e. The maximum absolute atomic E-state index is 12.5. The quantitative estimate of drug-likeness (QED) is 0.418. The lowest BCUT2D eigenvalue weighted by atomic mass is 10.3. The molecule has 0 spiro atoms. The van der Waals surface area contributed by atoms with E-state index >= 15 is 0 Å². The zero-order valence-corrected chi connectivity index (χ0v) is 16.3. The van der Waals surface area contributed by atoms with Gasteiger partial charge in [0.1, 0.15) is 5.69 Å². The Hall–Kier alpha value is -2.30. The molecule has 8 nitrogen and oxygen atoms in total. The number of nitro groups is 1. The smallest absolute Gasteiger partial charge is 0.272 e. The van der Waals surface area contributed by atoms with Crippen LogP contribution in [-0.4, -0.2) is 37.0 Å². The molecule has 0 amide bonds. The molecule has 0 saturated carbocycles. The molecule has 0 aliphatic carbocycles. The van der Waals surface area contributed by atoms with Crippen molar-refractivity contribution in [2.45, 2.75) is 25.7 Å². The van der Waals surface area contributed by atoms with E-state index < -0.39 is 14.9 Å². The minimum atomic E-state index is -3.77. The predicted molar refractivity (Wildman–Crippen MR) is 103 cm³/mol. The van der Waals surface area contributed by atoms with Gasteiger partial charge in [0.05, 0.1) is 16.0 Å². The Morgan fingerprint density at radius 2 is 2.00 bits per heavy atom. The van der Waals surface area contributed by atoms with Crippen molar-refractivity contribution in [1.29, 1.82) is 0 Å². The summed E-state index contributed by atoms with van der Waals surface area (Å²) in [6, 6.07) is 5.70. The van der Waals surface area contributed by atoms with Crippen LogP contribution in [0.1, 0.15) is 24.3 Å². The van der Waals surface area contributed by atoms with Gasteiger partial charge >= 0.3 is 0 Å². The van der Waals surface area contributed by atoms with Crippen molar-refractivity contribution in [3.63, 3.8) is 0 Å². The molecule has 1 N–H and O–H groups in total. The van der Waals surface area contributed by atoms with Crippen LogP contribution in [0.2, 0.25) is 0 Å². The lowest BCUT2D eigenvalue weighted by molar-refractivity contribution is -0.384. The number of aryl methyl sites for hydroxylation is 1. The summed E-state index contributed by atoms with van der Waals surface area (Å²) in [6.45, 7) is 5.95. The van der Waals surface area contributed by atoms with E-state index in [9.17, 15) is 18.5 Å². The van der Waals surface area contributed by atoms with Gasteiger partial charge in [-0.15, -0.1) is 11.3 Å². The van der Waals surface area contributed by atoms with Gasteiger partial charge in [-0.1, -0.05) is 13.8 Å². The second-order valence-corrected chi connectivity index (χ2v) is 8.25. The zero-order valence-electron chi connectivity index (χ0n) is 14.7. The molecule has 0 atom stereocenters. The van der Waals surface area contributed by atoms with Crippen molar-refractivity contribution in [2.75, 3.05) is 18.5 Å². The first-order chi connectivity index (χ1) is 12.3. The Balaban J connectivity index is 2.33. The molecule has 2 aromatic rings. The second-order valence-electron chi connectivity index (χ2n) is 5.36. The number of anilines is 1. The van der Waals surface area contributed by atoms with Crippen molar-refractivity contribution >= 4 is 38.9 Å². The third-order valence-corrected chi connectivity index (χ3v) is 6.78. The molecule has 0 bridgehead atoms. The van der Waals surface area contributed by atoms with Crippen LogP contribution in [0, 0.1) is 17.0 Å². The molecule has 10 heteroatoms. The fraction of sp³-hybridized carbons (Fsp3) is 0.312. The van der Waals surface area contributed by atoms with Gasteiger partial charge in [0.2, 0.25) is 10.0 Å². The molecular formula is C16H20N4O4S2. The number of hydrogen-bond acceptors (Lipinski definition) is 7. The molecule has 1 aromatic heterocycles. The van der Waals surface area contributed by atoms with Crippen molar-refractivity contribution in [1.82, 2.24) is 4.31 Å². The average molecular weight is 396 g/mol. The largest absolute Gasteiger partial charge is 0.295 e. The van der Waals surface area contributed by atoms with Crippen molar-refractivity contribution in [2.24, 2.45) is 5.10 Å². The highest BCUT2D eigenvalue weighted by Crippen LogP contribution is 2.29. The van der Waals surface area contributed by atoms with Crippen LogP contribution >= 0.6 is 11.3 Å². The second kappa shape index (κ2) is 8.39. The first-order valence-corrected chi connectivity index (χ1v) is 10.2. The lowest BCUT2D eigenvalue weighted by Gasteiger charge is -2.18. The Bertz CT molecular complexity index is 918. The number of benzene rings is 1. The van der Waals surface area contributed by atoms with Crippen LogP contribution < -0.4 is 5.43 Å². The summed E-state index contributed by atoms with van der Waals surface area (Å²) in [5, 5.41) is 17.3. The minimum Gasteiger partial charge on any atom is -0.272 e. The molecule has 26 heavy (non-hydrogen) atoms. The first-order valence-electron chi connectivity index (χ1n) is 7.93. The Morgan fingerprint density at radius 3 is 2.54 bits per heavy atom. The van der Waals surface area contributed by atoms with E-state index in [0.29, 0.717) is 0 Å². The summed E-state index contributed by atoms with van der Waals surface area (Å²) in [6.07, 6.45) is 1.57. The Kier molecular flexibility index (Phi) is 6.46. The standard InChI is InChI=1S/C16H20N4O4S2/c1-4-19(5-2)26(23,24)13-6-7-14(15(10-13)20(21)22)18-17-11-16-12(3)8-9-25-16/h6-11,18H,4-5H2,1-3H3/b17-11+. The van der Waals surface area contributed by atoms with Crippen molar-refractivity contribution < 1.29 is 13.3 Å². The fourth-order valence-corrected chi connectivity index (χ4v) is 4.57. The van der Waals surface area contributed by atoms with Crippen LogP contribution in [0.25, 0.3) is 0 Å². The molecule has 140 valence electrons. The van der Waals surface area contributed by atoms with Crippen LogP contribution in [0.15, 0.2) is 39.6 Å². The van der Waals surface area contributed by atoms with E-state index in [1.807, 2.05) is 18.4 Å². The number of rotatable bonds is 8. The summed E-state index contributed by atoms with van der Waals surface area (Å²) in [4.78, 5) is 11.6. The van der Waals surface area contributed by atoms with E-state index in [0.717, 1.165) is 16.5 Å². The molecule has 1 aromatic carbocycles. The Morgan fingerprint density at radius 1 is 1.31 bits per heavy atom. The highest BCUT2D eigenvalue weighted by atomic mass is 32.2. The molecule has 2 rings (SSSR count). The topological polar surface area (TPSA) is 105 Å². The molecule has 0 aliphatic heterocycles. The van der Waals surface area contributed by atoms with E-state index in [4.69, 9.17) is 0 Å². The number of thiophene rings is 1. The lowest BCUT2D eigenvalue weighted by Crippen LogP contribution is -2.30. The van der Waals surface area contributed by atoms with Gasteiger partial charge in [-0.2, -0.15) is 9.41 Å². The Labute approximate surface area is 156 Å². The fourth-order valence-electron chi connectivity index (χ4n) is 2.31. The summed E-state index contributed by atoms with van der Waals surface area (Å²) in [5.41, 5.74) is 3.45. The third-order valence-electron chi connectivity index (χ3n) is 3.78. The third kappa shape index (κ3) is 4.26. The van der Waals surface area contributed by atoms with Crippen LogP contribution in [-0.2, 0) is 10.0 Å². The van der Waals surface area contributed by atoms with Gasteiger partial charge in [0.25, 0.3) is 5.69 Å². The molecular weight excluding hydrogens is 376 g/mol.